The standard InChI is InChI=1S/C7H5BrFN/c8-7-5(4-10)2-1-3-6(7)9/h3H,1-2H2. The Labute approximate surface area is 67.0 Å². The van der Waals surface area contributed by atoms with E-state index in [-0.39, 0.29) is 5.83 Å². The fourth-order valence-electron chi connectivity index (χ4n) is 0.792. The lowest BCUT2D eigenvalue weighted by Crippen LogP contribution is -1.90. The lowest BCUT2D eigenvalue weighted by atomic mass is 10.1. The largest absolute Gasteiger partial charge is 0.206 e. The van der Waals surface area contributed by atoms with Gasteiger partial charge >= 0.3 is 0 Å². The summed E-state index contributed by atoms with van der Waals surface area (Å²) in [6, 6.07) is 1.94. The SMILES string of the molecule is N#CC1=C(Br)C(F)=CCC1. The van der Waals surface area contributed by atoms with Gasteiger partial charge in [-0.25, -0.2) is 4.39 Å². The van der Waals surface area contributed by atoms with Crippen LogP contribution in [0.15, 0.2) is 22.0 Å². The van der Waals surface area contributed by atoms with Crippen molar-refractivity contribution in [2.45, 2.75) is 12.8 Å². The molecule has 0 N–H and O–H groups in total. The van der Waals surface area contributed by atoms with Crippen LogP contribution in [-0.2, 0) is 0 Å². The van der Waals surface area contributed by atoms with Gasteiger partial charge in [0.25, 0.3) is 0 Å². The van der Waals surface area contributed by atoms with Crippen molar-refractivity contribution in [2.24, 2.45) is 0 Å². The molecule has 1 rings (SSSR count). The third-order valence-corrected chi connectivity index (χ3v) is 2.18. The van der Waals surface area contributed by atoms with Gasteiger partial charge in [-0.05, 0) is 34.8 Å². The number of hydrogen-bond acceptors (Lipinski definition) is 1. The molecule has 0 aromatic heterocycles. The average Bonchev–Trinajstić information content (AvgIpc) is 1.95. The van der Waals surface area contributed by atoms with E-state index in [0.29, 0.717) is 22.9 Å². The molecule has 0 saturated carbocycles. The highest BCUT2D eigenvalue weighted by Gasteiger charge is 2.12. The second kappa shape index (κ2) is 2.98. The lowest BCUT2D eigenvalue weighted by molar-refractivity contribution is 0.646. The maximum atomic E-state index is 12.6. The van der Waals surface area contributed by atoms with E-state index in [2.05, 4.69) is 15.9 Å². The molecule has 0 saturated heterocycles. The van der Waals surface area contributed by atoms with Gasteiger partial charge in [0, 0.05) is 5.57 Å². The Morgan fingerprint density at radius 3 is 2.90 bits per heavy atom. The maximum absolute atomic E-state index is 12.6. The van der Waals surface area contributed by atoms with Crippen molar-refractivity contribution in [1.29, 1.82) is 5.26 Å². The van der Waals surface area contributed by atoms with E-state index in [1.54, 1.807) is 0 Å². The lowest BCUT2D eigenvalue weighted by Gasteiger charge is -2.05. The first-order valence-electron chi connectivity index (χ1n) is 2.90. The van der Waals surface area contributed by atoms with Crippen LogP contribution in [0, 0.1) is 11.3 Å². The van der Waals surface area contributed by atoms with Crippen molar-refractivity contribution in [3.05, 3.63) is 22.0 Å². The Kier molecular flexibility index (Phi) is 2.23. The van der Waals surface area contributed by atoms with Gasteiger partial charge in [-0.3, -0.25) is 0 Å². The summed E-state index contributed by atoms with van der Waals surface area (Å²) in [5, 5.41) is 8.45. The highest BCUT2D eigenvalue weighted by molar-refractivity contribution is 9.12. The van der Waals surface area contributed by atoms with Crippen LogP contribution in [0.3, 0.4) is 0 Å². The Morgan fingerprint density at radius 1 is 1.70 bits per heavy atom. The zero-order valence-electron chi connectivity index (χ0n) is 5.19. The van der Waals surface area contributed by atoms with E-state index in [4.69, 9.17) is 5.26 Å². The smallest absolute Gasteiger partial charge is 0.134 e. The van der Waals surface area contributed by atoms with Crippen LogP contribution in [0.1, 0.15) is 12.8 Å². The highest BCUT2D eigenvalue weighted by atomic mass is 79.9. The molecule has 1 aliphatic rings. The summed E-state index contributed by atoms with van der Waals surface area (Å²) < 4.78 is 12.9. The van der Waals surface area contributed by atoms with Gasteiger partial charge in [-0.1, -0.05) is 0 Å². The molecule has 0 aliphatic heterocycles. The minimum Gasteiger partial charge on any atom is -0.206 e. The van der Waals surface area contributed by atoms with Crippen LogP contribution < -0.4 is 0 Å². The quantitative estimate of drug-likeness (QED) is 0.592. The van der Waals surface area contributed by atoms with Gasteiger partial charge in [-0.15, -0.1) is 0 Å². The molecule has 0 unspecified atom stereocenters. The number of hydrogen-bond donors (Lipinski definition) is 0. The van der Waals surface area contributed by atoms with E-state index in [1.807, 2.05) is 6.07 Å². The summed E-state index contributed by atoms with van der Waals surface area (Å²) in [6.07, 6.45) is 2.75. The van der Waals surface area contributed by atoms with E-state index < -0.39 is 0 Å². The van der Waals surface area contributed by atoms with Crippen LogP contribution in [0.4, 0.5) is 4.39 Å². The van der Waals surface area contributed by atoms with Gasteiger partial charge in [0.2, 0.25) is 0 Å². The fraction of sp³-hybridized carbons (Fsp3) is 0.286. The first-order valence-corrected chi connectivity index (χ1v) is 3.70. The summed E-state index contributed by atoms with van der Waals surface area (Å²) in [5.41, 5.74) is 0.500. The molecule has 0 amide bonds. The predicted octanol–water partition coefficient (Wildman–Crippen LogP) is 2.81. The first-order chi connectivity index (χ1) is 4.75. The van der Waals surface area contributed by atoms with Crippen LogP contribution in [0.5, 0.6) is 0 Å². The predicted molar refractivity (Wildman–Crippen MR) is 40.0 cm³/mol. The van der Waals surface area contributed by atoms with Crippen molar-refractivity contribution in [1.82, 2.24) is 0 Å². The molecular formula is C7H5BrFN. The minimum atomic E-state index is -0.317. The maximum Gasteiger partial charge on any atom is 0.134 e. The Balaban J connectivity index is 2.99. The molecule has 52 valence electrons. The Hall–Kier alpha value is -0.620. The van der Waals surface area contributed by atoms with Crippen molar-refractivity contribution in [3.8, 4) is 6.07 Å². The second-order valence-electron chi connectivity index (χ2n) is 2.00. The number of allylic oxidation sites excluding steroid dienone is 4. The molecule has 0 spiro atoms. The molecule has 0 atom stereocenters. The zero-order chi connectivity index (χ0) is 7.56. The third kappa shape index (κ3) is 1.27. The number of halogens is 2. The molecule has 1 aliphatic carbocycles. The molecule has 0 bridgehead atoms. The molecule has 0 heterocycles. The number of rotatable bonds is 0. The van der Waals surface area contributed by atoms with Crippen molar-refractivity contribution < 1.29 is 4.39 Å². The summed E-state index contributed by atoms with van der Waals surface area (Å²) in [7, 11) is 0. The zero-order valence-corrected chi connectivity index (χ0v) is 6.78. The topological polar surface area (TPSA) is 23.8 Å². The van der Waals surface area contributed by atoms with Gasteiger partial charge in [0.05, 0.1) is 10.6 Å². The van der Waals surface area contributed by atoms with Crippen LogP contribution in [-0.4, -0.2) is 0 Å². The minimum absolute atomic E-state index is 0.317. The average molecular weight is 202 g/mol. The molecule has 0 aromatic carbocycles. The van der Waals surface area contributed by atoms with Gasteiger partial charge in [0.15, 0.2) is 0 Å². The number of nitriles is 1. The van der Waals surface area contributed by atoms with Crippen LogP contribution in [0.2, 0.25) is 0 Å². The van der Waals surface area contributed by atoms with Gasteiger partial charge in [-0.2, -0.15) is 5.26 Å². The van der Waals surface area contributed by atoms with E-state index in [9.17, 15) is 4.39 Å². The monoisotopic (exact) mass is 201 g/mol. The molecule has 1 nitrogen and oxygen atoms in total. The van der Waals surface area contributed by atoms with Gasteiger partial charge in [0.1, 0.15) is 5.83 Å². The third-order valence-electron chi connectivity index (χ3n) is 1.33. The van der Waals surface area contributed by atoms with Crippen molar-refractivity contribution in [3.63, 3.8) is 0 Å². The summed E-state index contributed by atoms with van der Waals surface area (Å²) >= 11 is 2.99. The Bertz CT molecular complexity index is 247. The van der Waals surface area contributed by atoms with Crippen molar-refractivity contribution >= 4 is 15.9 Å². The molecular weight excluding hydrogens is 197 g/mol. The Morgan fingerprint density at radius 2 is 2.40 bits per heavy atom. The summed E-state index contributed by atoms with van der Waals surface area (Å²) in [5.74, 6) is -0.317. The normalized spacial score (nSPS) is 18.3. The second-order valence-corrected chi connectivity index (χ2v) is 2.79. The van der Waals surface area contributed by atoms with E-state index >= 15 is 0 Å². The summed E-state index contributed by atoms with van der Waals surface area (Å²) in [4.78, 5) is 0. The molecule has 0 fully saturated rings. The molecule has 10 heavy (non-hydrogen) atoms. The summed E-state index contributed by atoms with van der Waals surface area (Å²) in [6.45, 7) is 0. The first kappa shape index (κ1) is 7.49. The molecule has 0 aromatic rings. The highest BCUT2D eigenvalue weighted by Crippen LogP contribution is 2.29. The number of nitrogens with zero attached hydrogens (tertiary/aromatic N) is 1. The van der Waals surface area contributed by atoms with Gasteiger partial charge < -0.3 is 0 Å². The molecule has 3 heteroatoms. The van der Waals surface area contributed by atoms with Crippen LogP contribution >= 0.6 is 15.9 Å². The van der Waals surface area contributed by atoms with Crippen molar-refractivity contribution in [2.75, 3.05) is 0 Å². The van der Waals surface area contributed by atoms with E-state index in [0.717, 1.165) is 0 Å². The van der Waals surface area contributed by atoms with Crippen LogP contribution in [0.25, 0.3) is 0 Å². The van der Waals surface area contributed by atoms with E-state index in [1.165, 1.54) is 6.08 Å². The molecule has 0 radical (unpaired) electrons. The fourth-order valence-corrected chi connectivity index (χ4v) is 1.24.